The van der Waals surface area contributed by atoms with Crippen LogP contribution in [0.25, 0.3) is 4.96 Å². The molecule has 1 aliphatic rings. The molecule has 3 aromatic heterocycles. The van der Waals surface area contributed by atoms with Gasteiger partial charge in [-0.05, 0) is 18.7 Å². The van der Waals surface area contributed by atoms with Crippen LogP contribution in [0.2, 0.25) is 0 Å². The predicted molar refractivity (Wildman–Crippen MR) is 86.8 cm³/mol. The van der Waals surface area contributed by atoms with E-state index in [0.29, 0.717) is 4.96 Å². The normalized spacial score (nSPS) is 18.7. The third-order valence-corrected chi connectivity index (χ3v) is 5.51. The van der Waals surface area contributed by atoms with E-state index in [9.17, 15) is 5.11 Å². The summed E-state index contributed by atoms with van der Waals surface area (Å²) >= 11 is 1.46. The van der Waals surface area contributed by atoms with E-state index in [0.717, 1.165) is 43.4 Å². The second kappa shape index (κ2) is 5.95. The summed E-state index contributed by atoms with van der Waals surface area (Å²) in [7, 11) is 0. The van der Waals surface area contributed by atoms with Gasteiger partial charge in [0.2, 0.25) is 10.8 Å². The fraction of sp³-hybridized carbons (Fsp3) is 0.467. The molecule has 0 aromatic carbocycles. The summed E-state index contributed by atoms with van der Waals surface area (Å²) in [5.74, 6) is 0.997. The minimum absolute atomic E-state index is 0.0995. The van der Waals surface area contributed by atoms with Crippen molar-refractivity contribution >= 4 is 16.3 Å². The van der Waals surface area contributed by atoms with Crippen LogP contribution >= 0.6 is 11.3 Å². The molecule has 0 radical (unpaired) electrons. The average Bonchev–Trinajstić information content (AvgIpc) is 3.30. The van der Waals surface area contributed by atoms with Crippen molar-refractivity contribution in [3.05, 3.63) is 35.4 Å². The van der Waals surface area contributed by atoms with Crippen LogP contribution in [0.15, 0.2) is 29.1 Å². The molecule has 0 bridgehead atoms. The molecule has 0 aliphatic carbocycles. The van der Waals surface area contributed by atoms with E-state index in [-0.39, 0.29) is 11.9 Å². The lowest BCUT2D eigenvalue weighted by atomic mass is 10.1. The van der Waals surface area contributed by atoms with Gasteiger partial charge >= 0.3 is 0 Å². The maximum atomic E-state index is 10.6. The van der Waals surface area contributed by atoms with Gasteiger partial charge in [0.05, 0.1) is 11.1 Å². The number of nitrogens with zero attached hydrogens (tertiary/aromatic N) is 5. The van der Waals surface area contributed by atoms with Gasteiger partial charge in [0.25, 0.3) is 0 Å². The summed E-state index contributed by atoms with van der Waals surface area (Å²) in [4.78, 5) is 10.5. The lowest BCUT2D eigenvalue weighted by Crippen LogP contribution is -2.47. The smallest absolute Gasteiger partial charge is 0.230 e. The molecule has 0 unspecified atom stereocenters. The number of rotatable bonds is 4. The highest BCUT2D eigenvalue weighted by atomic mass is 32.1. The first-order chi connectivity index (χ1) is 11.3. The molecular weight excluding hydrogens is 314 g/mol. The van der Waals surface area contributed by atoms with Gasteiger partial charge in [-0.2, -0.15) is 9.61 Å². The van der Waals surface area contributed by atoms with Gasteiger partial charge in [-0.1, -0.05) is 18.3 Å². The fourth-order valence-electron chi connectivity index (χ4n) is 3.13. The first-order valence-corrected chi connectivity index (χ1v) is 8.60. The number of aromatic nitrogens is 3. The number of likely N-dealkylation sites (N-methyl/N-ethyl adjacent to an activating group) is 1. The standard InChI is InChI=1S/C15H19N5O2S/c1-2-18-5-7-19(8-6-18)12(11-4-3-9-22-11)13-14(21)20-15(23-13)16-10-17-20/h3-4,9-10,12,21H,2,5-8H2,1H3/t12-/m0/s1. The number of aromatic hydroxyl groups is 1. The molecule has 1 atom stereocenters. The number of fused-ring (bicyclic) bond motifs is 1. The van der Waals surface area contributed by atoms with Gasteiger partial charge < -0.3 is 14.4 Å². The lowest BCUT2D eigenvalue weighted by molar-refractivity contribution is 0.105. The number of hydrogen-bond donors (Lipinski definition) is 1. The number of furan rings is 1. The van der Waals surface area contributed by atoms with Crippen LogP contribution in [-0.4, -0.2) is 62.2 Å². The van der Waals surface area contributed by atoms with Crippen molar-refractivity contribution < 1.29 is 9.52 Å². The Hall–Kier alpha value is -1.90. The minimum Gasteiger partial charge on any atom is -0.492 e. The van der Waals surface area contributed by atoms with E-state index < -0.39 is 0 Å². The zero-order valence-corrected chi connectivity index (χ0v) is 13.7. The Morgan fingerprint density at radius 3 is 2.83 bits per heavy atom. The molecule has 1 aliphatic heterocycles. The Morgan fingerprint density at radius 2 is 2.17 bits per heavy atom. The Bertz CT molecular complexity index is 773. The maximum Gasteiger partial charge on any atom is 0.230 e. The molecule has 0 saturated carbocycles. The molecule has 122 valence electrons. The van der Waals surface area contributed by atoms with E-state index in [1.807, 2.05) is 12.1 Å². The SMILES string of the molecule is CCN1CCN([C@@H](c2ccco2)c2sc3ncnn3c2O)CC1. The molecule has 3 aromatic rings. The highest BCUT2D eigenvalue weighted by Gasteiger charge is 2.32. The molecule has 4 heterocycles. The number of piperazine rings is 1. The van der Waals surface area contributed by atoms with Gasteiger partial charge in [-0.15, -0.1) is 0 Å². The average molecular weight is 333 g/mol. The molecule has 8 heteroatoms. The largest absolute Gasteiger partial charge is 0.492 e. The Morgan fingerprint density at radius 1 is 1.35 bits per heavy atom. The second-order valence-electron chi connectivity index (χ2n) is 5.63. The molecule has 1 saturated heterocycles. The van der Waals surface area contributed by atoms with Crippen molar-refractivity contribution in [1.29, 1.82) is 0 Å². The topological polar surface area (TPSA) is 70.0 Å². The van der Waals surface area contributed by atoms with Gasteiger partial charge in [0.15, 0.2) is 0 Å². The summed E-state index contributed by atoms with van der Waals surface area (Å²) < 4.78 is 7.16. The molecule has 4 rings (SSSR count). The van der Waals surface area contributed by atoms with E-state index in [1.54, 1.807) is 6.26 Å². The van der Waals surface area contributed by atoms with Gasteiger partial charge in [0, 0.05) is 26.2 Å². The summed E-state index contributed by atoms with van der Waals surface area (Å²) in [5, 5.41) is 14.7. The molecular formula is C15H19N5O2S. The summed E-state index contributed by atoms with van der Waals surface area (Å²) in [6.07, 6.45) is 3.13. The highest BCUT2D eigenvalue weighted by molar-refractivity contribution is 7.17. The third kappa shape index (κ3) is 2.52. The second-order valence-corrected chi connectivity index (χ2v) is 6.64. The zero-order chi connectivity index (χ0) is 15.8. The third-order valence-electron chi connectivity index (χ3n) is 4.42. The van der Waals surface area contributed by atoms with E-state index in [4.69, 9.17) is 4.42 Å². The molecule has 0 amide bonds. The zero-order valence-electron chi connectivity index (χ0n) is 12.9. The van der Waals surface area contributed by atoms with Crippen LogP contribution < -0.4 is 0 Å². The van der Waals surface area contributed by atoms with E-state index >= 15 is 0 Å². The summed E-state index contributed by atoms with van der Waals surface area (Å²) in [6, 6.07) is 3.75. The molecule has 1 N–H and O–H groups in total. The summed E-state index contributed by atoms with van der Waals surface area (Å²) in [6.45, 7) is 7.18. The van der Waals surface area contributed by atoms with Crippen LogP contribution in [-0.2, 0) is 0 Å². The lowest BCUT2D eigenvalue weighted by Gasteiger charge is -2.37. The molecule has 1 fully saturated rings. The predicted octanol–water partition coefficient (Wildman–Crippen LogP) is 1.82. The Labute approximate surface area is 137 Å². The fourth-order valence-corrected chi connectivity index (χ4v) is 4.20. The Kier molecular flexibility index (Phi) is 3.80. The molecule has 23 heavy (non-hydrogen) atoms. The van der Waals surface area contributed by atoms with Crippen LogP contribution in [0, 0.1) is 0 Å². The Balaban J connectivity index is 1.71. The quantitative estimate of drug-likeness (QED) is 0.785. The van der Waals surface area contributed by atoms with Crippen molar-refractivity contribution in [2.24, 2.45) is 0 Å². The van der Waals surface area contributed by atoms with E-state index in [1.165, 1.54) is 22.2 Å². The van der Waals surface area contributed by atoms with Crippen molar-refractivity contribution in [3.63, 3.8) is 0 Å². The first-order valence-electron chi connectivity index (χ1n) is 7.79. The van der Waals surface area contributed by atoms with Crippen molar-refractivity contribution in [1.82, 2.24) is 24.4 Å². The van der Waals surface area contributed by atoms with Crippen LogP contribution in [0.1, 0.15) is 23.6 Å². The number of hydrogen-bond acceptors (Lipinski definition) is 7. The van der Waals surface area contributed by atoms with Gasteiger partial charge in [-0.25, -0.2) is 4.98 Å². The molecule has 0 spiro atoms. The highest BCUT2D eigenvalue weighted by Crippen LogP contribution is 2.40. The summed E-state index contributed by atoms with van der Waals surface area (Å²) in [5.41, 5.74) is 0. The van der Waals surface area contributed by atoms with Gasteiger partial charge in [0.1, 0.15) is 18.1 Å². The van der Waals surface area contributed by atoms with Crippen LogP contribution in [0.3, 0.4) is 0 Å². The maximum absolute atomic E-state index is 10.6. The van der Waals surface area contributed by atoms with Crippen LogP contribution in [0.5, 0.6) is 5.88 Å². The van der Waals surface area contributed by atoms with Crippen LogP contribution in [0.4, 0.5) is 0 Å². The van der Waals surface area contributed by atoms with Crippen molar-refractivity contribution in [2.75, 3.05) is 32.7 Å². The molecule has 7 nitrogen and oxygen atoms in total. The van der Waals surface area contributed by atoms with E-state index in [2.05, 4.69) is 26.8 Å². The van der Waals surface area contributed by atoms with Crippen molar-refractivity contribution in [2.45, 2.75) is 13.0 Å². The first kappa shape index (κ1) is 14.7. The van der Waals surface area contributed by atoms with Crippen molar-refractivity contribution in [3.8, 4) is 5.88 Å². The number of thiazole rings is 1. The minimum atomic E-state index is -0.0995. The van der Waals surface area contributed by atoms with Gasteiger partial charge in [-0.3, -0.25) is 4.90 Å². The monoisotopic (exact) mass is 333 g/mol.